The second kappa shape index (κ2) is 6.56. The third-order valence-electron chi connectivity index (χ3n) is 2.84. The topological polar surface area (TPSA) is 73.3 Å². The number of hydrogen-bond donors (Lipinski definition) is 1. The minimum atomic E-state index is -0.810. The molecule has 2 aromatic rings. The van der Waals surface area contributed by atoms with E-state index >= 15 is 0 Å². The molecule has 2 heterocycles. The van der Waals surface area contributed by atoms with Crippen LogP contribution in [0, 0.1) is 0 Å². The zero-order valence-corrected chi connectivity index (χ0v) is 13.6. The normalized spacial score (nSPS) is 12.1. The fourth-order valence-electron chi connectivity index (χ4n) is 1.93. The zero-order chi connectivity index (χ0) is 17.0. The fraction of sp³-hybridized carbons (Fsp3) is 0.294. The minimum absolute atomic E-state index is 0.0886. The van der Waals surface area contributed by atoms with E-state index in [4.69, 9.17) is 9.47 Å². The Hall–Kier alpha value is -2.76. The molecule has 0 spiro atoms. The van der Waals surface area contributed by atoms with Gasteiger partial charge in [-0.2, -0.15) is 0 Å². The molecule has 0 fully saturated rings. The second-order valence-electron chi connectivity index (χ2n) is 6.00. The molecule has 2 aromatic heterocycles. The first-order chi connectivity index (χ1) is 10.8. The molecular weight excluding hydrogens is 296 g/mol. The van der Waals surface area contributed by atoms with Crippen LogP contribution in [0.1, 0.15) is 43.9 Å². The highest BCUT2D eigenvalue weighted by atomic mass is 16.7. The highest BCUT2D eigenvalue weighted by molar-refractivity contribution is 5.94. The summed E-state index contributed by atoms with van der Waals surface area (Å²) in [4.78, 5) is 26.5. The van der Waals surface area contributed by atoms with E-state index < -0.39 is 11.8 Å². The molecule has 1 N–H and O–H groups in total. The summed E-state index contributed by atoms with van der Waals surface area (Å²) < 4.78 is 12.1. The third kappa shape index (κ3) is 4.60. The van der Waals surface area contributed by atoms with Crippen molar-refractivity contribution in [2.75, 3.05) is 0 Å². The molecule has 6 nitrogen and oxygen atoms in total. The Morgan fingerprint density at radius 3 is 2.52 bits per heavy atom. The van der Waals surface area contributed by atoms with Crippen LogP contribution in [0.15, 0.2) is 36.7 Å². The lowest BCUT2D eigenvalue weighted by Crippen LogP contribution is -2.24. The number of Topliss-reactive ketones (excluding diaryl/α,β-unsaturated/α-hetero) is 1. The quantitative estimate of drug-likeness (QED) is 0.527. The molecule has 122 valence electrons. The molecule has 0 unspecified atom stereocenters. The van der Waals surface area contributed by atoms with Crippen molar-refractivity contribution in [3.05, 3.63) is 48.0 Å². The van der Waals surface area contributed by atoms with Crippen molar-refractivity contribution in [2.45, 2.75) is 33.3 Å². The van der Waals surface area contributed by atoms with Gasteiger partial charge in [0.25, 0.3) is 0 Å². The first-order valence-corrected chi connectivity index (χ1v) is 7.20. The summed E-state index contributed by atoms with van der Waals surface area (Å²) in [5.41, 5.74) is 0.427. The molecule has 0 atom stereocenters. The number of nitrogens with one attached hydrogen (secondary N) is 1. The van der Waals surface area contributed by atoms with Gasteiger partial charge in [-0.1, -0.05) is 0 Å². The smallest absolute Gasteiger partial charge is 0.428 e. The Morgan fingerprint density at radius 2 is 1.96 bits per heavy atom. The van der Waals surface area contributed by atoms with Crippen molar-refractivity contribution in [1.29, 1.82) is 0 Å². The van der Waals surface area contributed by atoms with Gasteiger partial charge < -0.3 is 19.0 Å². The van der Waals surface area contributed by atoms with Crippen LogP contribution in [-0.4, -0.2) is 27.1 Å². The second-order valence-corrected chi connectivity index (χ2v) is 6.00. The Labute approximate surface area is 134 Å². The monoisotopic (exact) mass is 316 g/mol. The number of hydrogen-bond acceptors (Lipinski definition) is 4. The van der Waals surface area contributed by atoms with Gasteiger partial charge in [0.15, 0.2) is 11.5 Å². The van der Waals surface area contributed by atoms with Gasteiger partial charge in [-0.25, -0.2) is 4.79 Å². The molecule has 6 heteroatoms. The van der Waals surface area contributed by atoms with E-state index in [2.05, 4.69) is 4.98 Å². The van der Waals surface area contributed by atoms with Crippen molar-refractivity contribution in [2.24, 2.45) is 0 Å². The maximum Gasteiger partial charge on any atom is 0.514 e. The minimum Gasteiger partial charge on any atom is -0.428 e. The lowest BCUT2D eigenvalue weighted by atomic mass is 10.2. The maximum absolute atomic E-state index is 11.9. The Bertz CT molecular complexity index is 718. The Balaban J connectivity index is 2.32. The fourth-order valence-corrected chi connectivity index (χ4v) is 1.93. The lowest BCUT2D eigenvalue weighted by molar-refractivity contribution is 0.0148. The van der Waals surface area contributed by atoms with Gasteiger partial charge in [0, 0.05) is 19.3 Å². The Morgan fingerprint density at radius 1 is 1.22 bits per heavy atom. The number of aromatic nitrogens is 2. The summed E-state index contributed by atoms with van der Waals surface area (Å²) in [7, 11) is 0. The summed E-state index contributed by atoms with van der Waals surface area (Å²) in [5.74, 6) is 0.164. The number of carbonyl (C=O) groups excluding carboxylic acids is 2. The van der Waals surface area contributed by atoms with E-state index in [-0.39, 0.29) is 11.5 Å². The Kier molecular flexibility index (Phi) is 4.74. The standard InChI is InChI=1S/C17H20N2O4/c1-12(20)14-8-6-10-19(14)11-15(13-7-5-9-18-13)22-16(21)23-17(2,3)4/h5-11,18H,1-4H3/b15-11-. The van der Waals surface area contributed by atoms with E-state index in [1.807, 2.05) is 0 Å². The van der Waals surface area contributed by atoms with Crippen LogP contribution in [0.3, 0.4) is 0 Å². The van der Waals surface area contributed by atoms with Gasteiger partial charge in [-0.15, -0.1) is 0 Å². The van der Waals surface area contributed by atoms with Gasteiger partial charge in [0.1, 0.15) is 5.60 Å². The maximum atomic E-state index is 11.9. The number of ether oxygens (including phenoxy) is 2. The molecule has 0 amide bonds. The molecule has 0 bridgehead atoms. The average molecular weight is 316 g/mol. The van der Waals surface area contributed by atoms with E-state index in [0.29, 0.717) is 11.4 Å². The van der Waals surface area contributed by atoms with Crippen molar-refractivity contribution in [1.82, 2.24) is 9.55 Å². The number of rotatable bonds is 4. The zero-order valence-electron chi connectivity index (χ0n) is 13.6. The van der Waals surface area contributed by atoms with Crippen LogP contribution in [0.25, 0.3) is 12.0 Å². The molecular formula is C17H20N2O4. The van der Waals surface area contributed by atoms with Gasteiger partial charge in [-0.3, -0.25) is 4.79 Å². The van der Waals surface area contributed by atoms with Crippen LogP contribution >= 0.6 is 0 Å². The predicted molar refractivity (Wildman–Crippen MR) is 86.7 cm³/mol. The highest BCUT2D eigenvalue weighted by Crippen LogP contribution is 2.19. The number of ketones is 1. The summed E-state index contributed by atoms with van der Waals surface area (Å²) in [6.45, 7) is 6.74. The number of carbonyl (C=O) groups is 2. The third-order valence-corrected chi connectivity index (χ3v) is 2.84. The number of H-pyrrole nitrogens is 1. The van der Waals surface area contributed by atoms with E-state index in [1.54, 1.807) is 68.2 Å². The van der Waals surface area contributed by atoms with Crippen LogP contribution in [0.4, 0.5) is 4.79 Å². The van der Waals surface area contributed by atoms with Crippen molar-refractivity contribution >= 4 is 23.9 Å². The van der Waals surface area contributed by atoms with Crippen LogP contribution in [-0.2, 0) is 9.47 Å². The van der Waals surface area contributed by atoms with Gasteiger partial charge in [-0.05, 0) is 45.0 Å². The van der Waals surface area contributed by atoms with Crippen LogP contribution < -0.4 is 0 Å². The highest BCUT2D eigenvalue weighted by Gasteiger charge is 2.20. The van der Waals surface area contributed by atoms with E-state index in [9.17, 15) is 9.59 Å². The summed E-state index contributed by atoms with van der Waals surface area (Å²) in [5, 5.41) is 0. The summed E-state index contributed by atoms with van der Waals surface area (Å²) in [6, 6.07) is 6.97. The predicted octanol–water partition coefficient (Wildman–Crippen LogP) is 3.93. The summed E-state index contributed by atoms with van der Waals surface area (Å²) >= 11 is 0. The first kappa shape index (κ1) is 16.6. The summed E-state index contributed by atoms with van der Waals surface area (Å²) in [6.07, 6.45) is 4.17. The molecule has 2 rings (SSSR count). The number of aromatic amines is 1. The largest absolute Gasteiger partial charge is 0.514 e. The van der Waals surface area contributed by atoms with Crippen molar-refractivity contribution < 1.29 is 19.1 Å². The molecule has 0 radical (unpaired) electrons. The molecule has 0 aliphatic carbocycles. The van der Waals surface area contributed by atoms with Crippen molar-refractivity contribution in [3.8, 4) is 0 Å². The van der Waals surface area contributed by atoms with E-state index in [1.165, 1.54) is 6.92 Å². The number of nitrogens with zero attached hydrogens (tertiary/aromatic N) is 1. The first-order valence-electron chi connectivity index (χ1n) is 7.20. The van der Waals surface area contributed by atoms with Crippen molar-refractivity contribution in [3.63, 3.8) is 0 Å². The van der Waals surface area contributed by atoms with Gasteiger partial charge in [0.2, 0.25) is 0 Å². The van der Waals surface area contributed by atoms with Gasteiger partial charge in [0.05, 0.1) is 17.6 Å². The lowest BCUT2D eigenvalue weighted by Gasteiger charge is -2.19. The van der Waals surface area contributed by atoms with E-state index in [0.717, 1.165) is 0 Å². The average Bonchev–Trinajstić information content (AvgIpc) is 3.06. The molecule has 0 saturated carbocycles. The molecule has 0 saturated heterocycles. The molecule has 0 aliphatic heterocycles. The van der Waals surface area contributed by atoms with Crippen LogP contribution in [0.5, 0.6) is 0 Å². The SMILES string of the molecule is CC(=O)c1cccn1/C=C(\OC(=O)OC(C)(C)C)c1ccc[nH]1. The molecule has 0 aliphatic rings. The van der Waals surface area contributed by atoms with Gasteiger partial charge >= 0.3 is 6.16 Å². The molecule has 0 aromatic carbocycles. The molecule has 23 heavy (non-hydrogen) atoms. The van der Waals surface area contributed by atoms with Crippen LogP contribution in [0.2, 0.25) is 0 Å².